The molecule has 0 radical (unpaired) electrons. The first-order valence-corrected chi connectivity index (χ1v) is 7.17. The first-order valence-electron chi connectivity index (χ1n) is 7.17. The molecule has 0 bridgehead atoms. The molecule has 0 amide bonds. The molecular formula is C16H21N3O. The fourth-order valence-electron chi connectivity index (χ4n) is 2.60. The Kier molecular flexibility index (Phi) is 3.85. The van der Waals surface area contributed by atoms with E-state index in [4.69, 9.17) is 4.74 Å². The van der Waals surface area contributed by atoms with Gasteiger partial charge >= 0.3 is 0 Å². The number of ether oxygens (including phenoxy) is 1. The van der Waals surface area contributed by atoms with Crippen molar-refractivity contribution < 1.29 is 4.74 Å². The number of morpholine rings is 1. The van der Waals surface area contributed by atoms with Crippen LogP contribution in [0.1, 0.15) is 19.4 Å². The van der Waals surface area contributed by atoms with Crippen LogP contribution in [0.25, 0.3) is 5.69 Å². The molecule has 2 aromatic rings. The van der Waals surface area contributed by atoms with Gasteiger partial charge in [-0.1, -0.05) is 12.1 Å². The largest absolute Gasteiger partial charge is 0.376 e. The molecule has 0 aliphatic carbocycles. The van der Waals surface area contributed by atoms with E-state index in [1.54, 1.807) is 6.20 Å². The molecule has 1 aliphatic heterocycles. The molecule has 106 valence electrons. The highest BCUT2D eigenvalue weighted by Gasteiger charge is 2.23. The van der Waals surface area contributed by atoms with E-state index in [1.165, 1.54) is 5.56 Å². The fourth-order valence-corrected chi connectivity index (χ4v) is 2.60. The second-order valence-corrected chi connectivity index (χ2v) is 5.54. The van der Waals surface area contributed by atoms with Crippen LogP contribution in [0.3, 0.4) is 0 Å². The van der Waals surface area contributed by atoms with Crippen LogP contribution in [0.2, 0.25) is 0 Å². The van der Waals surface area contributed by atoms with Crippen molar-refractivity contribution in [3.05, 3.63) is 48.3 Å². The van der Waals surface area contributed by atoms with Gasteiger partial charge in [-0.05, 0) is 37.6 Å². The molecule has 1 saturated heterocycles. The summed E-state index contributed by atoms with van der Waals surface area (Å²) in [6, 6.07) is 11.0. The van der Waals surface area contributed by atoms with Crippen LogP contribution in [0.4, 0.5) is 0 Å². The average Bonchev–Trinajstić information content (AvgIpc) is 2.98. The van der Waals surface area contributed by atoms with Gasteiger partial charge in [0.1, 0.15) is 0 Å². The van der Waals surface area contributed by atoms with Crippen molar-refractivity contribution in [3.8, 4) is 5.69 Å². The second-order valence-electron chi connectivity index (χ2n) is 5.54. The van der Waals surface area contributed by atoms with Gasteiger partial charge in [-0.2, -0.15) is 5.10 Å². The zero-order valence-electron chi connectivity index (χ0n) is 12.1. The van der Waals surface area contributed by atoms with Crippen molar-refractivity contribution in [3.63, 3.8) is 0 Å². The van der Waals surface area contributed by atoms with E-state index in [0.717, 1.165) is 25.4 Å². The molecule has 0 spiro atoms. The number of hydrogen-bond acceptors (Lipinski definition) is 3. The third kappa shape index (κ3) is 2.92. The van der Waals surface area contributed by atoms with Crippen LogP contribution in [0.15, 0.2) is 42.7 Å². The Hall–Kier alpha value is -1.65. The molecule has 1 fully saturated rings. The highest BCUT2D eigenvalue weighted by molar-refractivity contribution is 5.33. The van der Waals surface area contributed by atoms with Crippen molar-refractivity contribution in [1.29, 1.82) is 0 Å². The Morgan fingerprint density at radius 2 is 2.05 bits per heavy atom. The summed E-state index contributed by atoms with van der Waals surface area (Å²) in [7, 11) is 0. The van der Waals surface area contributed by atoms with Gasteiger partial charge in [0.05, 0.1) is 18.4 Å². The molecular weight excluding hydrogens is 250 g/mol. The summed E-state index contributed by atoms with van der Waals surface area (Å²) < 4.78 is 7.55. The van der Waals surface area contributed by atoms with Crippen molar-refractivity contribution in [2.24, 2.45) is 0 Å². The van der Waals surface area contributed by atoms with Crippen LogP contribution in [-0.2, 0) is 11.3 Å². The van der Waals surface area contributed by atoms with Gasteiger partial charge in [0.15, 0.2) is 0 Å². The van der Waals surface area contributed by atoms with E-state index in [2.05, 4.69) is 48.1 Å². The zero-order chi connectivity index (χ0) is 13.9. The van der Waals surface area contributed by atoms with E-state index in [9.17, 15) is 0 Å². The van der Waals surface area contributed by atoms with Crippen LogP contribution in [0, 0.1) is 0 Å². The molecule has 4 nitrogen and oxygen atoms in total. The van der Waals surface area contributed by atoms with Gasteiger partial charge in [-0.25, -0.2) is 4.68 Å². The minimum Gasteiger partial charge on any atom is -0.376 e. The third-order valence-electron chi connectivity index (χ3n) is 3.83. The molecule has 0 N–H and O–H groups in total. The number of nitrogens with zero attached hydrogens (tertiary/aromatic N) is 3. The Morgan fingerprint density at radius 1 is 1.25 bits per heavy atom. The van der Waals surface area contributed by atoms with Gasteiger partial charge in [0, 0.05) is 31.5 Å². The number of hydrogen-bond donors (Lipinski definition) is 0. The molecule has 0 saturated carbocycles. The predicted octanol–water partition coefficient (Wildman–Crippen LogP) is 2.48. The molecule has 1 aliphatic rings. The summed E-state index contributed by atoms with van der Waals surface area (Å²) in [6.07, 6.45) is 4.08. The van der Waals surface area contributed by atoms with Crippen molar-refractivity contribution in [2.45, 2.75) is 32.5 Å². The Morgan fingerprint density at radius 3 is 2.75 bits per heavy atom. The molecule has 20 heavy (non-hydrogen) atoms. The van der Waals surface area contributed by atoms with Crippen molar-refractivity contribution in [1.82, 2.24) is 14.7 Å². The zero-order valence-corrected chi connectivity index (χ0v) is 12.1. The Balaban J connectivity index is 1.69. The topological polar surface area (TPSA) is 30.3 Å². The van der Waals surface area contributed by atoms with Crippen molar-refractivity contribution in [2.75, 3.05) is 13.2 Å². The highest BCUT2D eigenvalue weighted by Crippen LogP contribution is 2.16. The smallest absolute Gasteiger partial charge is 0.0674 e. The molecule has 2 heterocycles. The SMILES string of the molecule is C[C@H]1CN(Cc2ccc(-n3cccn3)cc2)[C@@H](C)CO1. The minimum absolute atomic E-state index is 0.328. The monoisotopic (exact) mass is 271 g/mol. The first-order chi connectivity index (χ1) is 9.72. The van der Waals surface area contributed by atoms with Crippen LogP contribution in [0.5, 0.6) is 0 Å². The maximum absolute atomic E-state index is 5.67. The van der Waals surface area contributed by atoms with Gasteiger partial charge in [-0.15, -0.1) is 0 Å². The summed E-state index contributed by atoms with van der Waals surface area (Å²) in [5.41, 5.74) is 2.43. The van der Waals surface area contributed by atoms with Gasteiger partial charge in [0.2, 0.25) is 0 Å². The van der Waals surface area contributed by atoms with E-state index >= 15 is 0 Å². The first kappa shape index (κ1) is 13.3. The summed E-state index contributed by atoms with van der Waals surface area (Å²) in [4.78, 5) is 2.48. The Bertz CT molecular complexity index is 535. The normalized spacial score (nSPS) is 23.9. The number of aromatic nitrogens is 2. The minimum atomic E-state index is 0.328. The summed E-state index contributed by atoms with van der Waals surface area (Å²) in [5.74, 6) is 0. The molecule has 4 heteroatoms. The van der Waals surface area contributed by atoms with Gasteiger partial charge in [-0.3, -0.25) is 4.90 Å². The lowest BCUT2D eigenvalue weighted by Crippen LogP contribution is -2.46. The molecule has 3 rings (SSSR count). The van der Waals surface area contributed by atoms with Gasteiger partial charge in [0.25, 0.3) is 0 Å². The fraction of sp³-hybridized carbons (Fsp3) is 0.438. The summed E-state index contributed by atoms with van der Waals surface area (Å²) in [6.45, 7) is 7.17. The van der Waals surface area contributed by atoms with Crippen LogP contribution in [-0.4, -0.2) is 40.0 Å². The summed E-state index contributed by atoms with van der Waals surface area (Å²) >= 11 is 0. The number of benzene rings is 1. The Labute approximate surface area is 120 Å². The third-order valence-corrected chi connectivity index (χ3v) is 3.83. The number of rotatable bonds is 3. The lowest BCUT2D eigenvalue weighted by Gasteiger charge is -2.36. The highest BCUT2D eigenvalue weighted by atomic mass is 16.5. The standard InChI is InChI=1S/C16H21N3O/c1-13-12-20-14(2)10-18(13)11-15-4-6-16(7-5-15)19-9-3-8-17-19/h3-9,13-14H,10-12H2,1-2H3/t13-,14-/m0/s1. The van der Waals surface area contributed by atoms with E-state index in [0.29, 0.717) is 12.1 Å². The maximum Gasteiger partial charge on any atom is 0.0674 e. The average molecular weight is 271 g/mol. The quantitative estimate of drug-likeness (QED) is 0.859. The lowest BCUT2D eigenvalue weighted by molar-refractivity contribution is -0.0526. The molecule has 0 unspecified atom stereocenters. The van der Waals surface area contributed by atoms with E-state index in [-0.39, 0.29) is 0 Å². The van der Waals surface area contributed by atoms with Gasteiger partial charge < -0.3 is 4.74 Å². The predicted molar refractivity (Wildman–Crippen MR) is 78.9 cm³/mol. The van der Waals surface area contributed by atoms with Crippen molar-refractivity contribution >= 4 is 0 Å². The maximum atomic E-state index is 5.67. The summed E-state index contributed by atoms with van der Waals surface area (Å²) in [5, 5.41) is 4.24. The molecule has 1 aromatic carbocycles. The lowest BCUT2D eigenvalue weighted by atomic mass is 10.1. The second kappa shape index (κ2) is 5.77. The van der Waals surface area contributed by atoms with Crippen LogP contribution < -0.4 is 0 Å². The van der Waals surface area contributed by atoms with Crippen LogP contribution >= 0.6 is 0 Å². The van der Waals surface area contributed by atoms with E-state index < -0.39 is 0 Å². The molecule has 1 aromatic heterocycles. The van der Waals surface area contributed by atoms with E-state index in [1.807, 2.05) is 16.9 Å². The molecule has 2 atom stereocenters.